The van der Waals surface area contributed by atoms with Crippen LogP contribution in [0, 0.1) is 6.92 Å². The zero-order chi connectivity index (χ0) is 10.7. The van der Waals surface area contributed by atoms with Crippen LogP contribution in [0.2, 0.25) is 0 Å². The number of hydrogen-bond donors (Lipinski definition) is 1. The molecule has 0 radical (unpaired) electrons. The van der Waals surface area contributed by atoms with Gasteiger partial charge in [-0.2, -0.15) is 0 Å². The van der Waals surface area contributed by atoms with E-state index in [9.17, 15) is 0 Å². The van der Waals surface area contributed by atoms with Gasteiger partial charge in [0.15, 0.2) is 0 Å². The SMILES string of the molecule is CCOc1cc(C)ncc1CNC1CC1. The highest BCUT2D eigenvalue weighted by atomic mass is 16.5. The van der Waals surface area contributed by atoms with Crippen molar-refractivity contribution in [1.29, 1.82) is 0 Å². The molecule has 1 aliphatic rings. The summed E-state index contributed by atoms with van der Waals surface area (Å²) in [5, 5.41) is 3.47. The molecule has 1 heterocycles. The van der Waals surface area contributed by atoms with Gasteiger partial charge in [0.2, 0.25) is 0 Å². The molecule has 0 bridgehead atoms. The molecular formula is C12H18N2O. The van der Waals surface area contributed by atoms with Crippen molar-refractivity contribution in [2.45, 2.75) is 39.3 Å². The zero-order valence-electron chi connectivity index (χ0n) is 9.42. The maximum atomic E-state index is 5.59. The molecule has 2 rings (SSSR count). The van der Waals surface area contributed by atoms with Crippen LogP contribution in [-0.4, -0.2) is 17.6 Å². The number of aryl methyl sites for hydroxylation is 1. The van der Waals surface area contributed by atoms with Crippen molar-refractivity contribution >= 4 is 0 Å². The lowest BCUT2D eigenvalue weighted by atomic mass is 10.2. The third-order valence-corrected chi connectivity index (χ3v) is 2.54. The largest absolute Gasteiger partial charge is 0.493 e. The molecule has 15 heavy (non-hydrogen) atoms. The number of nitrogens with zero attached hydrogens (tertiary/aromatic N) is 1. The van der Waals surface area contributed by atoms with Crippen LogP contribution in [0.25, 0.3) is 0 Å². The summed E-state index contributed by atoms with van der Waals surface area (Å²) in [4.78, 5) is 4.30. The minimum absolute atomic E-state index is 0.708. The minimum Gasteiger partial charge on any atom is -0.493 e. The molecule has 82 valence electrons. The van der Waals surface area contributed by atoms with E-state index in [1.807, 2.05) is 26.1 Å². The predicted molar refractivity (Wildman–Crippen MR) is 60.0 cm³/mol. The van der Waals surface area contributed by atoms with Gasteiger partial charge >= 0.3 is 0 Å². The van der Waals surface area contributed by atoms with Crippen LogP contribution in [0.4, 0.5) is 0 Å². The van der Waals surface area contributed by atoms with Crippen LogP contribution < -0.4 is 10.1 Å². The summed E-state index contributed by atoms with van der Waals surface area (Å²) >= 11 is 0. The van der Waals surface area contributed by atoms with E-state index in [-0.39, 0.29) is 0 Å². The Morgan fingerprint density at radius 1 is 1.53 bits per heavy atom. The second-order valence-electron chi connectivity index (χ2n) is 4.02. The average molecular weight is 206 g/mol. The minimum atomic E-state index is 0.708. The summed E-state index contributed by atoms with van der Waals surface area (Å²) in [6.07, 6.45) is 4.53. The van der Waals surface area contributed by atoms with Crippen LogP contribution in [0.5, 0.6) is 5.75 Å². The monoisotopic (exact) mass is 206 g/mol. The standard InChI is InChI=1S/C12H18N2O/c1-3-15-12-6-9(2)13-7-10(12)8-14-11-4-5-11/h6-7,11,14H,3-5,8H2,1-2H3. The topological polar surface area (TPSA) is 34.1 Å². The van der Waals surface area contributed by atoms with Crippen molar-refractivity contribution in [1.82, 2.24) is 10.3 Å². The first-order valence-electron chi connectivity index (χ1n) is 5.61. The van der Waals surface area contributed by atoms with E-state index in [0.29, 0.717) is 6.61 Å². The first-order chi connectivity index (χ1) is 7.29. The van der Waals surface area contributed by atoms with Crippen molar-refractivity contribution < 1.29 is 4.74 Å². The van der Waals surface area contributed by atoms with Crippen LogP contribution in [0.3, 0.4) is 0 Å². The van der Waals surface area contributed by atoms with E-state index in [4.69, 9.17) is 4.74 Å². The van der Waals surface area contributed by atoms with Crippen molar-refractivity contribution in [3.05, 3.63) is 23.5 Å². The maximum Gasteiger partial charge on any atom is 0.127 e. The van der Waals surface area contributed by atoms with Gasteiger partial charge in [-0.25, -0.2) is 0 Å². The lowest BCUT2D eigenvalue weighted by Gasteiger charge is -2.10. The van der Waals surface area contributed by atoms with Crippen LogP contribution in [-0.2, 0) is 6.54 Å². The van der Waals surface area contributed by atoms with E-state index >= 15 is 0 Å². The van der Waals surface area contributed by atoms with Gasteiger partial charge in [-0.1, -0.05) is 0 Å². The summed E-state index contributed by atoms with van der Waals surface area (Å²) in [7, 11) is 0. The normalized spacial score (nSPS) is 15.3. The molecular weight excluding hydrogens is 188 g/mol. The van der Waals surface area contributed by atoms with Crippen molar-refractivity contribution in [3.8, 4) is 5.75 Å². The molecule has 1 N–H and O–H groups in total. The molecule has 1 fully saturated rings. The van der Waals surface area contributed by atoms with Gasteiger partial charge in [-0.05, 0) is 26.7 Å². The van der Waals surface area contributed by atoms with E-state index in [1.54, 1.807) is 0 Å². The summed E-state index contributed by atoms with van der Waals surface area (Å²) in [6.45, 7) is 5.57. The number of pyridine rings is 1. The first kappa shape index (κ1) is 10.4. The molecule has 1 aliphatic carbocycles. The van der Waals surface area contributed by atoms with Crippen LogP contribution >= 0.6 is 0 Å². The van der Waals surface area contributed by atoms with E-state index in [0.717, 1.165) is 29.6 Å². The van der Waals surface area contributed by atoms with Crippen molar-refractivity contribution in [2.75, 3.05) is 6.61 Å². The number of hydrogen-bond acceptors (Lipinski definition) is 3. The van der Waals surface area contributed by atoms with Gasteiger partial charge < -0.3 is 10.1 Å². The summed E-state index contributed by atoms with van der Waals surface area (Å²) in [5.41, 5.74) is 2.17. The second-order valence-corrected chi connectivity index (χ2v) is 4.02. The predicted octanol–water partition coefficient (Wildman–Crippen LogP) is 2.04. The van der Waals surface area contributed by atoms with E-state index in [2.05, 4.69) is 10.3 Å². The number of rotatable bonds is 5. The van der Waals surface area contributed by atoms with Gasteiger partial charge in [-0.15, -0.1) is 0 Å². The molecule has 0 saturated heterocycles. The number of aromatic nitrogens is 1. The highest BCUT2D eigenvalue weighted by molar-refractivity contribution is 5.32. The number of ether oxygens (including phenoxy) is 1. The Bertz CT molecular complexity index is 334. The fraction of sp³-hybridized carbons (Fsp3) is 0.583. The fourth-order valence-electron chi connectivity index (χ4n) is 1.53. The Morgan fingerprint density at radius 3 is 3.00 bits per heavy atom. The van der Waals surface area contributed by atoms with Crippen LogP contribution in [0.15, 0.2) is 12.3 Å². The second kappa shape index (κ2) is 4.62. The molecule has 0 atom stereocenters. The average Bonchev–Trinajstić information content (AvgIpc) is 3.01. The van der Waals surface area contributed by atoms with E-state index < -0.39 is 0 Å². The summed E-state index contributed by atoms with van der Waals surface area (Å²) in [5.74, 6) is 0.971. The molecule has 3 nitrogen and oxygen atoms in total. The molecule has 0 spiro atoms. The van der Waals surface area contributed by atoms with Gasteiger partial charge in [0.1, 0.15) is 5.75 Å². The quantitative estimate of drug-likeness (QED) is 0.800. The molecule has 1 aromatic heterocycles. The maximum absolute atomic E-state index is 5.59. The fourth-order valence-corrected chi connectivity index (χ4v) is 1.53. The smallest absolute Gasteiger partial charge is 0.127 e. The van der Waals surface area contributed by atoms with E-state index in [1.165, 1.54) is 12.8 Å². The highest BCUT2D eigenvalue weighted by Gasteiger charge is 2.20. The molecule has 1 aromatic rings. The Labute approximate surface area is 90.9 Å². The van der Waals surface area contributed by atoms with Gasteiger partial charge in [0.25, 0.3) is 0 Å². The van der Waals surface area contributed by atoms with Crippen molar-refractivity contribution in [2.24, 2.45) is 0 Å². The molecule has 0 unspecified atom stereocenters. The van der Waals surface area contributed by atoms with Gasteiger partial charge in [-0.3, -0.25) is 4.98 Å². The highest BCUT2D eigenvalue weighted by Crippen LogP contribution is 2.22. The molecule has 0 amide bonds. The lowest BCUT2D eigenvalue weighted by molar-refractivity contribution is 0.334. The zero-order valence-corrected chi connectivity index (χ0v) is 9.42. The number of nitrogens with one attached hydrogen (secondary N) is 1. The van der Waals surface area contributed by atoms with Crippen molar-refractivity contribution in [3.63, 3.8) is 0 Å². The first-order valence-corrected chi connectivity index (χ1v) is 5.61. The third kappa shape index (κ3) is 2.93. The summed E-state index contributed by atoms with van der Waals surface area (Å²) < 4.78 is 5.59. The lowest BCUT2D eigenvalue weighted by Crippen LogP contribution is -2.16. The molecule has 1 saturated carbocycles. The van der Waals surface area contributed by atoms with Crippen LogP contribution in [0.1, 0.15) is 31.0 Å². The Balaban J connectivity index is 2.04. The molecule has 3 heteroatoms. The molecule has 0 aliphatic heterocycles. The summed E-state index contributed by atoms with van der Waals surface area (Å²) in [6, 6.07) is 2.73. The Morgan fingerprint density at radius 2 is 2.33 bits per heavy atom. The Hall–Kier alpha value is -1.09. The third-order valence-electron chi connectivity index (χ3n) is 2.54. The van der Waals surface area contributed by atoms with Gasteiger partial charge in [0.05, 0.1) is 6.61 Å². The Kier molecular flexibility index (Phi) is 3.21. The van der Waals surface area contributed by atoms with Gasteiger partial charge in [0, 0.05) is 36.1 Å². The molecule has 0 aromatic carbocycles.